The van der Waals surface area contributed by atoms with E-state index in [-0.39, 0.29) is 0 Å². The minimum atomic E-state index is -0.436. The summed E-state index contributed by atoms with van der Waals surface area (Å²) in [6.07, 6.45) is 3.91. The van der Waals surface area contributed by atoms with Crippen molar-refractivity contribution in [2.45, 2.75) is 6.42 Å². The molecular formula is C25H18ClNO2. The third kappa shape index (κ3) is 4.71. The molecule has 3 aromatic carbocycles. The first-order chi connectivity index (χ1) is 14.2. The van der Waals surface area contributed by atoms with Crippen molar-refractivity contribution in [1.29, 1.82) is 0 Å². The van der Waals surface area contributed by atoms with Gasteiger partial charge in [-0.2, -0.15) is 0 Å². The number of esters is 1. The molecule has 142 valence electrons. The minimum Gasteiger partial charge on any atom is -0.423 e. The van der Waals surface area contributed by atoms with Crippen LogP contribution in [0, 0.1) is 0 Å². The average Bonchev–Trinajstić information content (AvgIpc) is 2.76. The molecule has 29 heavy (non-hydrogen) atoms. The van der Waals surface area contributed by atoms with Gasteiger partial charge in [-0.1, -0.05) is 72.3 Å². The largest absolute Gasteiger partial charge is 0.423 e. The first-order valence-corrected chi connectivity index (χ1v) is 9.62. The molecule has 0 N–H and O–H groups in total. The number of halogens is 1. The van der Waals surface area contributed by atoms with Gasteiger partial charge in [0, 0.05) is 29.4 Å². The average molecular weight is 400 g/mol. The van der Waals surface area contributed by atoms with Crippen LogP contribution in [0.25, 0.3) is 11.1 Å². The van der Waals surface area contributed by atoms with Gasteiger partial charge in [0.1, 0.15) is 5.75 Å². The number of ether oxygens (including phenoxy) is 1. The Labute approximate surface area is 174 Å². The lowest BCUT2D eigenvalue weighted by Gasteiger charge is -2.11. The van der Waals surface area contributed by atoms with E-state index in [2.05, 4.69) is 17.1 Å². The number of carbonyl (C=O) groups excluding carboxylic acids is 1. The fourth-order valence-corrected chi connectivity index (χ4v) is 3.20. The van der Waals surface area contributed by atoms with Crippen molar-refractivity contribution in [2.24, 2.45) is 0 Å². The van der Waals surface area contributed by atoms with Crippen LogP contribution >= 0.6 is 11.6 Å². The molecule has 0 spiro atoms. The number of pyridine rings is 1. The highest BCUT2D eigenvalue weighted by atomic mass is 35.5. The predicted octanol–water partition coefficient (Wildman–Crippen LogP) is 6.21. The van der Waals surface area contributed by atoms with Gasteiger partial charge in [0.05, 0.1) is 5.56 Å². The molecule has 0 aliphatic heterocycles. The van der Waals surface area contributed by atoms with Crippen LogP contribution in [0.3, 0.4) is 0 Å². The van der Waals surface area contributed by atoms with E-state index in [0.29, 0.717) is 22.8 Å². The maximum atomic E-state index is 12.8. The van der Waals surface area contributed by atoms with Gasteiger partial charge in [-0.25, -0.2) is 4.79 Å². The number of benzene rings is 3. The van der Waals surface area contributed by atoms with Crippen molar-refractivity contribution in [1.82, 2.24) is 4.98 Å². The maximum absolute atomic E-state index is 12.8. The van der Waals surface area contributed by atoms with E-state index in [0.717, 1.165) is 22.3 Å². The van der Waals surface area contributed by atoms with E-state index >= 15 is 0 Å². The fourth-order valence-electron chi connectivity index (χ4n) is 3.08. The van der Waals surface area contributed by atoms with Crippen molar-refractivity contribution in [2.75, 3.05) is 0 Å². The van der Waals surface area contributed by atoms with Crippen LogP contribution in [0.2, 0.25) is 5.02 Å². The van der Waals surface area contributed by atoms with Gasteiger partial charge in [0.25, 0.3) is 0 Å². The summed E-state index contributed by atoms with van der Waals surface area (Å²) in [6.45, 7) is 0. The molecule has 4 heteroatoms. The number of carbonyl (C=O) groups is 1. The maximum Gasteiger partial charge on any atom is 0.345 e. The Kier molecular flexibility index (Phi) is 5.68. The van der Waals surface area contributed by atoms with Gasteiger partial charge in [0.15, 0.2) is 0 Å². The standard InChI is InChI=1S/C25H18ClNO2/c26-23-12-10-19(11-13-23)21-15-22(17-27-16-21)25(28)29-24-9-5-4-8-20(24)14-18-6-2-1-3-7-18/h1-13,15-17H,14H2. The quantitative estimate of drug-likeness (QED) is 0.295. The van der Waals surface area contributed by atoms with Crippen LogP contribution < -0.4 is 4.74 Å². The molecule has 3 nitrogen and oxygen atoms in total. The summed E-state index contributed by atoms with van der Waals surface area (Å²) >= 11 is 5.95. The van der Waals surface area contributed by atoms with Gasteiger partial charge >= 0.3 is 5.97 Å². The Balaban J connectivity index is 1.56. The zero-order valence-corrected chi connectivity index (χ0v) is 16.3. The monoisotopic (exact) mass is 399 g/mol. The van der Waals surface area contributed by atoms with Crippen molar-refractivity contribution in [3.8, 4) is 16.9 Å². The lowest BCUT2D eigenvalue weighted by Crippen LogP contribution is -2.10. The van der Waals surface area contributed by atoms with E-state index in [1.165, 1.54) is 6.20 Å². The van der Waals surface area contributed by atoms with Crippen LogP contribution in [0.5, 0.6) is 5.75 Å². The minimum absolute atomic E-state index is 0.395. The highest BCUT2D eigenvalue weighted by Crippen LogP contribution is 2.25. The third-order valence-electron chi connectivity index (χ3n) is 4.56. The predicted molar refractivity (Wildman–Crippen MR) is 115 cm³/mol. The Bertz CT molecular complexity index is 1120. The number of nitrogens with zero attached hydrogens (tertiary/aromatic N) is 1. The summed E-state index contributed by atoms with van der Waals surface area (Å²) in [6, 6.07) is 26.8. The molecule has 0 saturated heterocycles. The topological polar surface area (TPSA) is 39.2 Å². The first kappa shape index (κ1) is 18.9. The molecule has 1 heterocycles. The molecule has 0 aliphatic rings. The van der Waals surface area contributed by atoms with Crippen molar-refractivity contribution in [3.63, 3.8) is 0 Å². The molecule has 0 saturated carbocycles. The molecule has 1 aromatic heterocycles. The van der Waals surface area contributed by atoms with Gasteiger partial charge in [-0.3, -0.25) is 4.98 Å². The summed E-state index contributed by atoms with van der Waals surface area (Å²) < 4.78 is 5.71. The van der Waals surface area contributed by atoms with Crippen molar-refractivity contribution < 1.29 is 9.53 Å². The smallest absolute Gasteiger partial charge is 0.345 e. The Morgan fingerprint density at radius 1 is 0.828 bits per heavy atom. The summed E-state index contributed by atoms with van der Waals surface area (Å²) in [7, 11) is 0. The Morgan fingerprint density at radius 2 is 1.55 bits per heavy atom. The molecule has 4 aromatic rings. The molecular weight excluding hydrogens is 382 g/mol. The second kappa shape index (κ2) is 8.72. The number of aromatic nitrogens is 1. The van der Waals surface area contributed by atoms with Gasteiger partial charge in [0.2, 0.25) is 0 Å². The van der Waals surface area contributed by atoms with E-state index in [1.54, 1.807) is 12.3 Å². The van der Waals surface area contributed by atoms with Crippen molar-refractivity contribution >= 4 is 17.6 Å². The molecule has 0 radical (unpaired) electrons. The number of hydrogen-bond donors (Lipinski definition) is 0. The summed E-state index contributed by atoms with van der Waals surface area (Å²) in [5, 5.41) is 0.660. The van der Waals surface area contributed by atoms with Crippen molar-refractivity contribution in [3.05, 3.63) is 119 Å². The van der Waals surface area contributed by atoms with E-state index < -0.39 is 5.97 Å². The van der Waals surface area contributed by atoms with Gasteiger partial charge < -0.3 is 4.74 Å². The highest BCUT2D eigenvalue weighted by Gasteiger charge is 2.13. The molecule has 0 atom stereocenters. The van der Waals surface area contributed by atoms with Crippen LogP contribution in [0.15, 0.2) is 97.3 Å². The summed E-state index contributed by atoms with van der Waals surface area (Å²) in [5.74, 6) is 0.118. The normalized spacial score (nSPS) is 10.5. The number of para-hydroxylation sites is 1. The highest BCUT2D eigenvalue weighted by molar-refractivity contribution is 6.30. The lowest BCUT2D eigenvalue weighted by molar-refractivity contribution is 0.0733. The zero-order chi connectivity index (χ0) is 20.1. The summed E-state index contributed by atoms with van der Waals surface area (Å²) in [5.41, 5.74) is 4.26. The number of rotatable bonds is 5. The fraction of sp³-hybridized carbons (Fsp3) is 0.0400. The molecule has 4 rings (SSSR count). The van der Waals surface area contributed by atoms with Gasteiger partial charge in [-0.15, -0.1) is 0 Å². The van der Waals surface area contributed by atoms with E-state index in [1.807, 2.05) is 66.7 Å². The SMILES string of the molecule is O=C(Oc1ccccc1Cc1ccccc1)c1cncc(-c2ccc(Cl)cc2)c1. The van der Waals surface area contributed by atoms with Crippen LogP contribution in [-0.2, 0) is 6.42 Å². The van der Waals surface area contributed by atoms with Gasteiger partial charge in [-0.05, 0) is 41.0 Å². The molecule has 0 amide bonds. The molecule has 0 bridgehead atoms. The Morgan fingerprint density at radius 3 is 2.34 bits per heavy atom. The third-order valence-corrected chi connectivity index (χ3v) is 4.82. The molecule has 0 fully saturated rings. The second-order valence-corrected chi connectivity index (χ2v) is 7.07. The van der Waals surface area contributed by atoms with Crippen LogP contribution in [-0.4, -0.2) is 11.0 Å². The second-order valence-electron chi connectivity index (χ2n) is 6.63. The first-order valence-electron chi connectivity index (χ1n) is 9.24. The van der Waals surface area contributed by atoms with E-state index in [4.69, 9.17) is 16.3 Å². The van der Waals surface area contributed by atoms with E-state index in [9.17, 15) is 4.79 Å². The molecule has 0 aliphatic carbocycles. The number of hydrogen-bond acceptors (Lipinski definition) is 3. The zero-order valence-electron chi connectivity index (χ0n) is 15.6. The molecule has 0 unspecified atom stereocenters. The van der Waals surface area contributed by atoms with Crippen LogP contribution in [0.4, 0.5) is 0 Å². The Hall–Kier alpha value is -3.43. The van der Waals surface area contributed by atoms with Crippen LogP contribution in [0.1, 0.15) is 21.5 Å². The summed E-state index contributed by atoms with van der Waals surface area (Å²) in [4.78, 5) is 17.0. The lowest BCUT2D eigenvalue weighted by atomic mass is 10.0.